The molecule has 1 saturated heterocycles. The fraction of sp³-hybridized carbons (Fsp3) is 0.304. The van der Waals surface area contributed by atoms with E-state index >= 15 is 0 Å². The minimum atomic E-state index is -1.41. The molecular formula is C23H22N4O3. The van der Waals surface area contributed by atoms with Crippen LogP contribution in [-0.4, -0.2) is 35.2 Å². The van der Waals surface area contributed by atoms with E-state index in [1.54, 1.807) is 24.3 Å². The summed E-state index contributed by atoms with van der Waals surface area (Å²) in [7, 11) is 0. The summed E-state index contributed by atoms with van der Waals surface area (Å²) >= 11 is 0. The van der Waals surface area contributed by atoms with E-state index < -0.39 is 28.7 Å². The van der Waals surface area contributed by atoms with Gasteiger partial charge in [-0.15, -0.1) is 0 Å². The van der Waals surface area contributed by atoms with E-state index in [1.165, 1.54) is 18.7 Å². The Balaban J connectivity index is 1.62. The van der Waals surface area contributed by atoms with Crippen LogP contribution in [0.2, 0.25) is 0 Å². The normalized spacial score (nSPS) is 22.4. The number of carbonyl (C=O) groups excluding carboxylic acids is 3. The Labute approximate surface area is 174 Å². The van der Waals surface area contributed by atoms with Crippen LogP contribution >= 0.6 is 0 Å². The highest BCUT2D eigenvalue weighted by molar-refractivity contribution is 6.11. The summed E-state index contributed by atoms with van der Waals surface area (Å²) < 4.78 is 0. The highest BCUT2D eigenvalue weighted by Crippen LogP contribution is 2.47. The summed E-state index contributed by atoms with van der Waals surface area (Å²) in [5.41, 5.74) is -0.308. The molecule has 0 aliphatic carbocycles. The summed E-state index contributed by atoms with van der Waals surface area (Å²) in [6, 6.07) is 17.6. The largest absolute Gasteiger partial charge is 0.325 e. The van der Waals surface area contributed by atoms with Crippen LogP contribution in [0.4, 0.5) is 11.4 Å². The molecule has 7 nitrogen and oxygen atoms in total. The molecule has 4 rings (SSSR count). The van der Waals surface area contributed by atoms with Crippen LogP contribution in [0, 0.1) is 16.7 Å². The van der Waals surface area contributed by atoms with Crippen molar-refractivity contribution in [2.45, 2.75) is 31.7 Å². The number of anilines is 2. The maximum Gasteiger partial charge on any atom is 0.239 e. The molecule has 0 bridgehead atoms. The van der Waals surface area contributed by atoms with Crippen LogP contribution in [0.5, 0.6) is 0 Å². The first-order valence-corrected chi connectivity index (χ1v) is 9.78. The lowest BCUT2D eigenvalue weighted by Gasteiger charge is -2.30. The van der Waals surface area contributed by atoms with E-state index in [-0.39, 0.29) is 18.9 Å². The monoisotopic (exact) mass is 402 g/mol. The molecule has 3 amide bonds. The topological polar surface area (TPSA) is 102 Å². The van der Waals surface area contributed by atoms with Crippen LogP contribution in [0.3, 0.4) is 0 Å². The van der Waals surface area contributed by atoms with Crippen molar-refractivity contribution in [2.24, 2.45) is 5.41 Å². The third-order valence-corrected chi connectivity index (χ3v) is 6.03. The number of carbonyl (C=O) groups is 3. The summed E-state index contributed by atoms with van der Waals surface area (Å²) in [6.45, 7) is 3.14. The standard InChI is InChI=1S/C23H22N4O3/c1-22(2,19(28)25-15-8-4-3-5-9-15)21(30)27-14-23(12-16(27)13-24)17-10-6-7-11-18(17)26-20(23)29/h3-11,16H,12,14H2,1-2H3,(H,25,28)(H,26,29)/t16-,23-/m0/s1. The van der Waals surface area contributed by atoms with Gasteiger partial charge in [0.2, 0.25) is 17.7 Å². The van der Waals surface area contributed by atoms with Gasteiger partial charge in [0.25, 0.3) is 0 Å². The van der Waals surface area contributed by atoms with E-state index in [4.69, 9.17) is 0 Å². The Kier molecular flexibility index (Phi) is 4.58. The summed E-state index contributed by atoms with van der Waals surface area (Å²) in [6.07, 6.45) is 0.203. The van der Waals surface area contributed by atoms with Gasteiger partial charge in [-0.25, -0.2) is 0 Å². The number of amides is 3. The van der Waals surface area contributed by atoms with Crippen molar-refractivity contribution >= 4 is 29.1 Å². The van der Waals surface area contributed by atoms with Gasteiger partial charge in [-0.1, -0.05) is 36.4 Å². The van der Waals surface area contributed by atoms with Gasteiger partial charge in [-0.3, -0.25) is 14.4 Å². The second-order valence-electron chi connectivity index (χ2n) is 8.31. The fourth-order valence-corrected chi connectivity index (χ4v) is 4.23. The molecule has 0 saturated carbocycles. The fourth-order valence-electron chi connectivity index (χ4n) is 4.23. The maximum atomic E-state index is 13.4. The van der Waals surface area contributed by atoms with Crippen LogP contribution in [0.25, 0.3) is 0 Å². The molecule has 0 aromatic heterocycles. The Hall–Kier alpha value is -3.66. The van der Waals surface area contributed by atoms with Crippen LogP contribution in [0.1, 0.15) is 25.8 Å². The van der Waals surface area contributed by atoms with Crippen molar-refractivity contribution in [2.75, 3.05) is 17.2 Å². The predicted molar refractivity (Wildman–Crippen MR) is 111 cm³/mol. The van der Waals surface area contributed by atoms with Gasteiger partial charge >= 0.3 is 0 Å². The van der Waals surface area contributed by atoms with Crippen LogP contribution in [0.15, 0.2) is 54.6 Å². The van der Waals surface area contributed by atoms with Gasteiger partial charge in [0.05, 0.1) is 11.5 Å². The van der Waals surface area contributed by atoms with E-state index in [9.17, 15) is 19.6 Å². The number of hydrogen-bond donors (Lipinski definition) is 2. The quantitative estimate of drug-likeness (QED) is 0.771. The molecule has 7 heteroatoms. The molecule has 152 valence electrons. The molecule has 2 aromatic carbocycles. The Morgan fingerprint density at radius 2 is 1.83 bits per heavy atom. The van der Waals surface area contributed by atoms with Crippen LogP contribution < -0.4 is 10.6 Å². The molecule has 0 unspecified atom stereocenters. The zero-order valence-corrected chi connectivity index (χ0v) is 16.8. The number of rotatable bonds is 3. The highest BCUT2D eigenvalue weighted by Gasteiger charge is 2.57. The van der Waals surface area contributed by atoms with Gasteiger partial charge in [0.1, 0.15) is 11.5 Å². The molecule has 1 spiro atoms. The van der Waals surface area contributed by atoms with E-state index in [0.717, 1.165) is 5.56 Å². The minimum absolute atomic E-state index is 0.0644. The Morgan fingerprint density at radius 3 is 2.53 bits per heavy atom. The molecule has 2 N–H and O–H groups in total. The highest BCUT2D eigenvalue weighted by atomic mass is 16.2. The average molecular weight is 402 g/mol. The third kappa shape index (κ3) is 2.92. The predicted octanol–water partition coefficient (Wildman–Crippen LogP) is 2.67. The van der Waals surface area contributed by atoms with E-state index in [1.807, 2.05) is 30.3 Å². The Bertz CT molecular complexity index is 1070. The van der Waals surface area contributed by atoms with Crippen LogP contribution in [-0.2, 0) is 19.8 Å². The third-order valence-electron chi connectivity index (χ3n) is 6.03. The maximum absolute atomic E-state index is 13.4. The molecule has 2 heterocycles. The second-order valence-corrected chi connectivity index (χ2v) is 8.31. The number of nitrogens with zero attached hydrogens (tertiary/aromatic N) is 2. The number of fused-ring (bicyclic) bond motifs is 2. The number of nitrogens with one attached hydrogen (secondary N) is 2. The van der Waals surface area contributed by atoms with Gasteiger partial charge in [-0.05, 0) is 37.6 Å². The van der Waals surface area contributed by atoms with Crippen molar-refractivity contribution in [3.8, 4) is 6.07 Å². The Morgan fingerprint density at radius 1 is 1.17 bits per heavy atom. The lowest BCUT2D eigenvalue weighted by Crippen LogP contribution is -2.50. The SMILES string of the molecule is CC(C)(C(=O)Nc1ccccc1)C(=O)N1C[C@]2(C[C@H]1C#N)C(=O)Nc1ccccc12. The molecule has 2 aliphatic heterocycles. The van der Waals surface area contributed by atoms with Crippen molar-refractivity contribution in [3.05, 3.63) is 60.2 Å². The molecule has 30 heavy (non-hydrogen) atoms. The lowest BCUT2D eigenvalue weighted by molar-refractivity contribution is -0.146. The summed E-state index contributed by atoms with van der Waals surface area (Å²) in [5.74, 6) is -1.16. The van der Waals surface area contributed by atoms with Gasteiger partial charge in [0.15, 0.2) is 0 Å². The van der Waals surface area contributed by atoms with E-state index in [0.29, 0.717) is 11.4 Å². The molecule has 0 radical (unpaired) electrons. The number of hydrogen-bond acceptors (Lipinski definition) is 4. The first-order valence-electron chi connectivity index (χ1n) is 9.78. The van der Waals surface area contributed by atoms with Gasteiger partial charge in [-0.2, -0.15) is 5.26 Å². The van der Waals surface area contributed by atoms with E-state index in [2.05, 4.69) is 16.7 Å². The molecule has 2 aromatic rings. The van der Waals surface area contributed by atoms with Crippen molar-refractivity contribution < 1.29 is 14.4 Å². The second kappa shape index (κ2) is 6.99. The number of para-hydroxylation sites is 2. The first kappa shape index (κ1) is 19.6. The molecule has 2 atom stereocenters. The summed E-state index contributed by atoms with van der Waals surface area (Å²) in [4.78, 5) is 40.5. The number of likely N-dealkylation sites (tertiary alicyclic amines) is 1. The van der Waals surface area contributed by atoms with Crippen molar-refractivity contribution in [1.82, 2.24) is 4.90 Å². The number of nitriles is 1. The summed E-state index contributed by atoms with van der Waals surface area (Å²) in [5, 5.41) is 15.3. The average Bonchev–Trinajstić information content (AvgIpc) is 3.27. The minimum Gasteiger partial charge on any atom is -0.325 e. The van der Waals surface area contributed by atoms with Crippen molar-refractivity contribution in [3.63, 3.8) is 0 Å². The zero-order chi connectivity index (χ0) is 21.5. The molecule has 2 aliphatic rings. The first-order chi connectivity index (χ1) is 14.3. The lowest BCUT2D eigenvalue weighted by atomic mass is 9.80. The van der Waals surface area contributed by atoms with Gasteiger partial charge in [0, 0.05) is 24.3 Å². The zero-order valence-electron chi connectivity index (χ0n) is 16.8. The van der Waals surface area contributed by atoms with Gasteiger partial charge < -0.3 is 15.5 Å². The number of benzene rings is 2. The molecular weight excluding hydrogens is 380 g/mol. The van der Waals surface area contributed by atoms with Crippen molar-refractivity contribution in [1.29, 1.82) is 5.26 Å². The smallest absolute Gasteiger partial charge is 0.239 e. The molecule has 1 fully saturated rings.